The topological polar surface area (TPSA) is 99.5 Å². The standard InChI is InChI=1S/C19H18BrFN4O3/c20-17-9-22-19(25-18(17)23-13-3-1-12(21)2-4-13)24-14-5-7-16(8-6-14)28-11-15(27)10-26/h1-9,15,26-27H,10-11H2,(H2,22,23,24,25)/t15-/m1/s1. The molecule has 1 atom stereocenters. The van der Waals surface area contributed by atoms with E-state index in [9.17, 15) is 9.50 Å². The second-order valence-electron chi connectivity index (χ2n) is 5.82. The lowest BCUT2D eigenvalue weighted by atomic mass is 10.3. The molecule has 0 radical (unpaired) electrons. The van der Waals surface area contributed by atoms with E-state index in [-0.39, 0.29) is 19.0 Å². The lowest BCUT2D eigenvalue weighted by molar-refractivity contribution is 0.0536. The van der Waals surface area contributed by atoms with Crippen molar-refractivity contribution in [2.45, 2.75) is 6.10 Å². The van der Waals surface area contributed by atoms with Gasteiger partial charge in [-0.15, -0.1) is 0 Å². The van der Waals surface area contributed by atoms with Crippen molar-refractivity contribution < 1.29 is 19.3 Å². The molecule has 0 spiro atoms. The number of anilines is 4. The number of aromatic nitrogens is 2. The molecular weight excluding hydrogens is 431 g/mol. The number of ether oxygens (including phenoxy) is 1. The molecule has 0 fully saturated rings. The van der Waals surface area contributed by atoms with Crippen LogP contribution < -0.4 is 15.4 Å². The first-order chi connectivity index (χ1) is 13.5. The molecule has 3 aromatic rings. The molecule has 4 N–H and O–H groups in total. The Bertz CT molecular complexity index is 910. The minimum atomic E-state index is -0.916. The Morgan fingerprint density at radius 3 is 2.36 bits per heavy atom. The van der Waals surface area contributed by atoms with E-state index in [2.05, 4.69) is 36.5 Å². The fourth-order valence-electron chi connectivity index (χ4n) is 2.19. The first-order valence-corrected chi connectivity index (χ1v) is 9.17. The number of hydrogen-bond donors (Lipinski definition) is 4. The summed E-state index contributed by atoms with van der Waals surface area (Å²) >= 11 is 3.39. The molecule has 3 rings (SSSR count). The molecule has 0 saturated heterocycles. The van der Waals surface area contributed by atoms with Crippen molar-refractivity contribution in [3.63, 3.8) is 0 Å². The van der Waals surface area contributed by atoms with Gasteiger partial charge in [0.05, 0.1) is 11.1 Å². The van der Waals surface area contributed by atoms with Crippen LogP contribution in [0.3, 0.4) is 0 Å². The molecule has 0 amide bonds. The molecule has 0 aliphatic rings. The van der Waals surface area contributed by atoms with Gasteiger partial charge in [-0.3, -0.25) is 0 Å². The van der Waals surface area contributed by atoms with E-state index in [0.717, 1.165) is 5.69 Å². The molecule has 146 valence electrons. The Labute approximate surface area is 169 Å². The van der Waals surface area contributed by atoms with E-state index in [4.69, 9.17) is 9.84 Å². The predicted molar refractivity (Wildman–Crippen MR) is 108 cm³/mol. The van der Waals surface area contributed by atoms with Gasteiger partial charge >= 0.3 is 0 Å². The Kier molecular flexibility index (Phi) is 6.75. The molecule has 28 heavy (non-hydrogen) atoms. The minimum absolute atomic E-state index is 0.0114. The van der Waals surface area contributed by atoms with Gasteiger partial charge in [0.1, 0.15) is 30.1 Å². The third-order valence-electron chi connectivity index (χ3n) is 3.61. The van der Waals surface area contributed by atoms with E-state index < -0.39 is 6.10 Å². The summed E-state index contributed by atoms with van der Waals surface area (Å²) in [6, 6.07) is 13.0. The van der Waals surface area contributed by atoms with Crippen molar-refractivity contribution in [1.82, 2.24) is 9.97 Å². The highest BCUT2D eigenvalue weighted by atomic mass is 79.9. The lowest BCUT2D eigenvalue weighted by Gasteiger charge is -2.12. The number of nitrogens with zero attached hydrogens (tertiary/aromatic N) is 2. The number of hydrogen-bond acceptors (Lipinski definition) is 7. The van der Waals surface area contributed by atoms with Crippen LogP contribution in [-0.4, -0.2) is 39.5 Å². The molecule has 0 aliphatic carbocycles. The number of halogens is 2. The normalized spacial score (nSPS) is 11.7. The molecule has 1 aromatic heterocycles. The summed E-state index contributed by atoms with van der Waals surface area (Å²) in [5, 5.41) is 24.3. The van der Waals surface area contributed by atoms with Crippen LogP contribution >= 0.6 is 15.9 Å². The van der Waals surface area contributed by atoms with Gasteiger partial charge in [0.2, 0.25) is 5.95 Å². The molecule has 0 bridgehead atoms. The van der Waals surface area contributed by atoms with Crippen LogP contribution in [0.1, 0.15) is 0 Å². The quantitative estimate of drug-likeness (QED) is 0.417. The minimum Gasteiger partial charge on any atom is -0.491 e. The largest absolute Gasteiger partial charge is 0.491 e. The van der Waals surface area contributed by atoms with Crippen LogP contribution in [0.5, 0.6) is 5.75 Å². The fourth-order valence-corrected chi connectivity index (χ4v) is 2.48. The molecule has 1 heterocycles. The number of nitrogens with one attached hydrogen (secondary N) is 2. The molecule has 0 unspecified atom stereocenters. The van der Waals surface area contributed by atoms with Crippen LogP contribution in [-0.2, 0) is 0 Å². The first-order valence-electron chi connectivity index (χ1n) is 8.37. The van der Waals surface area contributed by atoms with Gasteiger partial charge in [0.15, 0.2) is 0 Å². The summed E-state index contributed by atoms with van der Waals surface area (Å²) in [6.07, 6.45) is 0.690. The second kappa shape index (κ2) is 9.45. The molecule has 0 saturated carbocycles. The molecule has 2 aromatic carbocycles. The molecule has 9 heteroatoms. The maximum atomic E-state index is 13.0. The number of aliphatic hydroxyl groups excluding tert-OH is 2. The highest BCUT2D eigenvalue weighted by Crippen LogP contribution is 2.26. The van der Waals surface area contributed by atoms with E-state index in [1.54, 1.807) is 42.6 Å². The monoisotopic (exact) mass is 448 g/mol. The van der Waals surface area contributed by atoms with Crippen LogP contribution in [0.2, 0.25) is 0 Å². The van der Waals surface area contributed by atoms with Crippen molar-refractivity contribution in [2.24, 2.45) is 0 Å². The van der Waals surface area contributed by atoms with E-state index in [0.29, 0.717) is 27.7 Å². The third kappa shape index (κ3) is 5.62. The van der Waals surface area contributed by atoms with E-state index in [1.165, 1.54) is 12.1 Å². The maximum Gasteiger partial charge on any atom is 0.229 e. The Morgan fingerprint density at radius 1 is 1.04 bits per heavy atom. The van der Waals surface area contributed by atoms with Crippen LogP contribution in [0.15, 0.2) is 59.2 Å². The smallest absolute Gasteiger partial charge is 0.229 e. The summed E-state index contributed by atoms with van der Waals surface area (Å²) in [5.74, 6) is 1.15. The van der Waals surface area contributed by atoms with Gasteiger partial charge in [0.25, 0.3) is 0 Å². The maximum absolute atomic E-state index is 13.0. The van der Waals surface area contributed by atoms with Gasteiger partial charge < -0.3 is 25.6 Å². The van der Waals surface area contributed by atoms with Crippen molar-refractivity contribution in [1.29, 1.82) is 0 Å². The fraction of sp³-hybridized carbons (Fsp3) is 0.158. The predicted octanol–water partition coefficient (Wildman–Crippen LogP) is 3.60. The zero-order valence-corrected chi connectivity index (χ0v) is 16.2. The lowest BCUT2D eigenvalue weighted by Crippen LogP contribution is -2.21. The van der Waals surface area contributed by atoms with Crippen molar-refractivity contribution in [2.75, 3.05) is 23.8 Å². The summed E-state index contributed by atoms with van der Waals surface area (Å²) in [5.41, 5.74) is 1.43. The third-order valence-corrected chi connectivity index (χ3v) is 4.19. The SMILES string of the molecule is OC[C@@H](O)COc1ccc(Nc2ncc(Br)c(Nc3ccc(F)cc3)n2)cc1. The summed E-state index contributed by atoms with van der Waals surface area (Å²) in [7, 11) is 0. The van der Waals surface area contributed by atoms with E-state index in [1.807, 2.05) is 0 Å². The van der Waals surface area contributed by atoms with Crippen molar-refractivity contribution in [3.05, 3.63) is 65.0 Å². The van der Waals surface area contributed by atoms with Gasteiger partial charge in [-0.25, -0.2) is 9.37 Å². The van der Waals surface area contributed by atoms with E-state index >= 15 is 0 Å². The highest BCUT2D eigenvalue weighted by molar-refractivity contribution is 9.10. The number of rotatable bonds is 8. The summed E-state index contributed by atoms with van der Waals surface area (Å²) in [6.45, 7) is -0.341. The van der Waals surface area contributed by atoms with Gasteiger partial charge in [-0.1, -0.05) is 0 Å². The van der Waals surface area contributed by atoms with Gasteiger partial charge in [0, 0.05) is 17.6 Å². The molecule has 7 nitrogen and oxygen atoms in total. The Morgan fingerprint density at radius 2 is 1.68 bits per heavy atom. The summed E-state index contributed by atoms with van der Waals surface area (Å²) < 4.78 is 19.1. The van der Waals surface area contributed by atoms with Crippen LogP contribution in [0, 0.1) is 5.82 Å². The van der Waals surface area contributed by atoms with Crippen molar-refractivity contribution in [3.8, 4) is 5.75 Å². The zero-order chi connectivity index (χ0) is 19.9. The molecular formula is C19H18BrFN4O3. The van der Waals surface area contributed by atoms with Gasteiger partial charge in [-0.05, 0) is 64.5 Å². The number of aliphatic hydroxyl groups is 2. The average molecular weight is 449 g/mol. The highest BCUT2D eigenvalue weighted by Gasteiger charge is 2.07. The Hall–Kier alpha value is -2.75. The van der Waals surface area contributed by atoms with Crippen LogP contribution in [0.25, 0.3) is 0 Å². The zero-order valence-electron chi connectivity index (χ0n) is 14.6. The second-order valence-corrected chi connectivity index (χ2v) is 6.67. The Balaban J connectivity index is 1.66. The van der Waals surface area contributed by atoms with Crippen LogP contribution in [0.4, 0.5) is 27.5 Å². The number of benzene rings is 2. The summed E-state index contributed by atoms with van der Waals surface area (Å²) in [4.78, 5) is 8.63. The average Bonchev–Trinajstić information content (AvgIpc) is 2.71. The van der Waals surface area contributed by atoms with Gasteiger partial charge in [-0.2, -0.15) is 4.98 Å². The first kappa shape index (κ1) is 20.0. The van der Waals surface area contributed by atoms with Crippen molar-refractivity contribution >= 4 is 39.1 Å². The molecule has 0 aliphatic heterocycles.